The molecule has 86 valence electrons. The topological polar surface area (TPSA) is 112 Å². The lowest BCUT2D eigenvalue weighted by atomic mass is 10.0. The van der Waals surface area contributed by atoms with Gasteiger partial charge in [-0.2, -0.15) is 13.5 Å². The van der Waals surface area contributed by atoms with E-state index in [1.54, 1.807) is 0 Å². The summed E-state index contributed by atoms with van der Waals surface area (Å²) in [4.78, 5) is 22.0. The van der Waals surface area contributed by atoms with E-state index in [0.29, 0.717) is 0 Å². The lowest BCUT2D eigenvalue weighted by molar-refractivity contribution is -0.172. The predicted octanol–water partition coefficient (Wildman–Crippen LogP) is -0.581. The van der Waals surface area contributed by atoms with Gasteiger partial charge in [-0.05, 0) is 12.8 Å². The maximum Gasteiger partial charge on any atom is 0.264 e. The van der Waals surface area contributed by atoms with Crippen LogP contribution in [-0.4, -0.2) is 40.8 Å². The molecule has 0 aromatic rings. The van der Waals surface area contributed by atoms with Crippen molar-refractivity contribution in [1.82, 2.24) is 5.06 Å². The van der Waals surface area contributed by atoms with E-state index in [4.69, 9.17) is 9.76 Å². The fourth-order valence-electron chi connectivity index (χ4n) is 1.42. The molecule has 1 aliphatic heterocycles. The molecule has 8 heteroatoms. The first-order valence-corrected chi connectivity index (χ1v) is 5.93. The van der Waals surface area contributed by atoms with Crippen LogP contribution in [0.1, 0.15) is 19.3 Å². The zero-order valence-electron chi connectivity index (χ0n) is 7.79. The van der Waals surface area contributed by atoms with Crippen molar-refractivity contribution in [1.29, 1.82) is 0 Å². The number of hydroxylamine groups is 2. The lowest BCUT2D eigenvalue weighted by Crippen LogP contribution is -2.26. The number of amides is 2. The molecule has 1 heterocycles. The zero-order valence-corrected chi connectivity index (χ0v) is 8.61. The van der Waals surface area contributed by atoms with Gasteiger partial charge in [0, 0.05) is 12.3 Å². The molecule has 7 nitrogen and oxygen atoms in total. The summed E-state index contributed by atoms with van der Waals surface area (Å²) in [5.74, 6) is -2.52. The first-order chi connectivity index (χ1) is 6.81. The Bertz CT molecular complexity index is 375. The minimum Gasteiger partial charge on any atom is -0.286 e. The molecular weight excluding hydrogens is 226 g/mol. The summed E-state index contributed by atoms with van der Waals surface area (Å²) in [6, 6.07) is 0. The van der Waals surface area contributed by atoms with Gasteiger partial charge in [0.2, 0.25) is 0 Å². The van der Waals surface area contributed by atoms with Gasteiger partial charge in [-0.3, -0.25) is 19.3 Å². The molecule has 1 fully saturated rings. The molecule has 0 radical (unpaired) electrons. The second kappa shape index (κ2) is 4.25. The van der Waals surface area contributed by atoms with Crippen LogP contribution < -0.4 is 0 Å². The average molecular weight is 237 g/mol. The summed E-state index contributed by atoms with van der Waals surface area (Å²) in [7, 11) is -4.03. The third-order valence-electron chi connectivity index (χ3n) is 2.17. The van der Waals surface area contributed by atoms with Gasteiger partial charge >= 0.3 is 0 Å². The number of nitrogens with zero attached hydrogens (tertiary/aromatic N) is 1. The minimum absolute atomic E-state index is 0.0537. The third-order valence-corrected chi connectivity index (χ3v) is 2.97. The van der Waals surface area contributed by atoms with Crippen LogP contribution in [0.15, 0.2) is 0 Å². The van der Waals surface area contributed by atoms with Crippen molar-refractivity contribution in [2.24, 2.45) is 5.92 Å². The molecular formula is C7H11NO6S. The van der Waals surface area contributed by atoms with Crippen LogP contribution in [-0.2, 0) is 19.7 Å². The summed E-state index contributed by atoms with van der Waals surface area (Å²) >= 11 is 0. The van der Waals surface area contributed by atoms with Gasteiger partial charge < -0.3 is 0 Å². The van der Waals surface area contributed by atoms with E-state index in [9.17, 15) is 18.0 Å². The molecule has 0 spiro atoms. The Balaban J connectivity index is 2.42. The summed E-state index contributed by atoms with van der Waals surface area (Å²) in [5, 5.41) is 8.92. The van der Waals surface area contributed by atoms with Crippen LogP contribution in [0.5, 0.6) is 0 Å². The molecule has 1 rings (SSSR count). The van der Waals surface area contributed by atoms with Gasteiger partial charge in [-0.15, -0.1) is 0 Å². The highest BCUT2D eigenvalue weighted by Crippen LogP contribution is 2.22. The van der Waals surface area contributed by atoms with Gasteiger partial charge in [0.25, 0.3) is 21.9 Å². The smallest absolute Gasteiger partial charge is 0.264 e. The quantitative estimate of drug-likeness (QED) is 0.384. The molecule has 15 heavy (non-hydrogen) atoms. The monoisotopic (exact) mass is 237 g/mol. The molecule has 0 bridgehead atoms. The minimum atomic E-state index is -4.03. The van der Waals surface area contributed by atoms with Crippen molar-refractivity contribution < 1.29 is 27.8 Å². The van der Waals surface area contributed by atoms with Gasteiger partial charge in [0.15, 0.2) is 0 Å². The van der Waals surface area contributed by atoms with E-state index in [-0.39, 0.29) is 24.3 Å². The van der Waals surface area contributed by atoms with Crippen molar-refractivity contribution in [3.63, 3.8) is 0 Å². The Morgan fingerprint density at radius 1 is 1.40 bits per heavy atom. The molecule has 1 atom stereocenters. The lowest BCUT2D eigenvalue weighted by Gasteiger charge is -2.05. The van der Waals surface area contributed by atoms with E-state index in [0.717, 1.165) is 0 Å². The molecule has 2 N–H and O–H groups in total. The third kappa shape index (κ3) is 3.26. The standard InChI is InChI=1S/C7H11NO6S/c9-6-4-5(7(10)8(6)11)2-1-3-15(12,13)14/h5,11H,1-4H2,(H,12,13,14). The molecule has 0 saturated carbocycles. The molecule has 0 aromatic carbocycles. The highest BCUT2D eigenvalue weighted by Gasteiger charge is 2.37. The van der Waals surface area contributed by atoms with Crippen molar-refractivity contribution in [2.45, 2.75) is 19.3 Å². The molecule has 1 aliphatic rings. The molecule has 1 saturated heterocycles. The van der Waals surface area contributed by atoms with Crippen LogP contribution in [0.3, 0.4) is 0 Å². The van der Waals surface area contributed by atoms with Crippen molar-refractivity contribution in [3.8, 4) is 0 Å². The maximum absolute atomic E-state index is 11.1. The SMILES string of the molecule is O=C1CC(CCCS(=O)(=O)O)C(=O)N1O. The number of imide groups is 1. The Morgan fingerprint density at radius 3 is 2.40 bits per heavy atom. The summed E-state index contributed by atoms with van der Waals surface area (Å²) in [6.45, 7) is 0. The van der Waals surface area contributed by atoms with Gasteiger partial charge in [-0.1, -0.05) is 0 Å². The second-order valence-corrected chi connectivity index (χ2v) is 4.95. The fraction of sp³-hybridized carbons (Fsp3) is 0.714. The molecule has 1 unspecified atom stereocenters. The van der Waals surface area contributed by atoms with Crippen LogP contribution in [0, 0.1) is 5.92 Å². The van der Waals surface area contributed by atoms with Crippen molar-refractivity contribution >= 4 is 21.9 Å². The number of rotatable bonds is 4. The Morgan fingerprint density at radius 2 is 2.00 bits per heavy atom. The Kier molecular flexibility index (Phi) is 3.42. The van der Waals surface area contributed by atoms with Crippen LogP contribution in [0.4, 0.5) is 0 Å². The number of hydrogen-bond donors (Lipinski definition) is 2. The van der Waals surface area contributed by atoms with Crippen LogP contribution in [0.2, 0.25) is 0 Å². The van der Waals surface area contributed by atoms with E-state index >= 15 is 0 Å². The normalized spacial score (nSPS) is 22.5. The molecule has 2 amide bonds. The summed E-state index contributed by atoms with van der Waals surface area (Å²) in [6.07, 6.45) is 0.124. The number of carbonyl (C=O) groups excluding carboxylic acids is 2. The van der Waals surface area contributed by atoms with Crippen molar-refractivity contribution in [3.05, 3.63) is 0 Å². The highest BCUT2D eigenvalue weighted by atomic mass is 32.2. The molecule has 0 aliphatic carbocycles. The highest BCUT2D eigenvalue weighted by molar-refractivity contribution is 7.85. The van der Waals surface area contributed by atoms with Crippen molar-refractivity contribution in [2.75, 3.05) is 5.75 Å². The first-order valence-electron chi connectivity index (χ1n) is 4.32. The average Bonchev–Trinajstić information content (AvgIpc) is 2.32. The van der Waals surface area contributed by atoms with E-state index in [1.807, 2.05) is 0 Å². The zero-order chi connectivity index (χ0) is 11.6. The summed E-state index contributed by atoms with van der Waals surface area (Å²) < 4.78 is 29.1. The van der Waals surface area contributed by atoms with Gasteiger partial charge in [0.1, 0.15) is 0 Å². The second-order valence-electron chi connectivity index (χ2n) is 3.37. The first kappa shape index (κ1) is 12.1. The van der Waals surface area contributed by atoms with E-state index < -0.39 is 33.6 Å². The van der Waals surface area contributed by atoms with Crippen LogP contribution >= 0.6 is 0 Å². The largest absolute Gasteiger partial charge is 0.286 e. The van der Waals surface area contributed by atoms with Gasteiger partial charge in [-0.25, -0.2) is 0 Å². The van der Waals surface area contributed by atoms with E-state index in [1.165, 1.54) is 0 Å². The predicted molar refractivity (Wildman–Crippen MR) is 47.4 cm³/mol. The summed E-state index contributed by atoms with van der Waals surface area (Å²) in [5.41, 5.74) is 0. The Hall–Kier alpha value is -0.990. The van der Waals surface area contributed by atoms with Gasteiger partial charge in [0.05, 0.1) is 5.75 Å². The number of hydrogen-bond acceptors (Lipinski definition) is 5. The Labute approximate surface area is 86.4 Å². The van der Waals surface area contributed by atoms with E-state index in [2.05, 4.69) is 0 Å². The fourth-order valence-corrected chi connectivity index (χ4v) is 1.95. The number of carbonyl (C=O) groups is 2. The van der Waals surface area contributed by atoms with Crippen LogP contribution in [0.25, 0.3) is 0 Å². The maximum atomic E-state index is 11.1. The molecule has 0 aromatic heterocycles.